The zero-order chi connectivity index (χ0) is 30.7. The first-order valence-corrected chi connectivity index (χ1v) is 14.6. The first-order chi connectivity index (χ1) is 19.9. The highest BCUT2D eigenvalue weighted by Crippen LogP contribution is 2.62. The maximum absolute atomic E-state index is 13.0. The fraction of sp³-hybridized carbons (Fsp3) is 0.576. The molecule has 2 fully saturated rings. The van der Waals surface area contributed by atoms with Crippen molar-refractivity contribution in [1.82, 2.24) is 5.32 Å². The Morgan fingerprint density at radius 1 is 1.12 bits per heavy atom. The van der Waals surface area contributed by atoms with E-state index in [1.807, 2.05) is 37.3 Å². The van der Waals surface area contributed by atoms with Crippen molar-refractivity contribution in [1.29, 1.82) is 0 Å². The van der Waals surface area contributed by atoms with Crippen molar-refractivity contribution in [3.8, 4) is 0 Å². The standard InChI is InChI=1S/C33H43NO8/c1-20-12-13-27-32(4,16-14-28(42-22(3)36)33(27,5)19-41-21(2)35)25(20)18-26(24-15-17-40-30(24)37)34-29(31(38)39-6)23-10-8-7-9-11-23/h7-11,15,25-29,34H,1,12-14,16-19H2,2-6H3/t25-,26?,27?,28+,29?,32+,33-/m0/s1. The number of hydrogen-bond acceptors (Lipinski definition) is 9. The fourth-order valence-corrected chi connectivity index (χ4v) is 7.69. The van der Waals surface area contributed by atoms with E-state index in [-0.39, 0.29) is 42.4 Å². The molecule has 0 spiro atoms. The van der Waals surface area contributed by atoms with Crippen molar-refractivity contribution < 1.29 is 38.1 Å². The zero-order valence-corrected chi connectivity index (χ0v) is 25.3. The number of benzene rings is 1. The number of carbonyl (C=O) groups excluding carboxylic acids is 4. The van der Waals surface area contributed by atoms with Gasteiger partial charge in [0.25, 0.3) is 0 Å². The molecular weight excluding hydrogens is 538 g/mol. The molecule has 228 valence electrons. The Balaban J connectivity index is 1.71. The maximum Gasteiger partial charge on any atom is 0.335 e. The third-order valence-corrected chi connectivity index (χ3v) is 9.75. The van der Waals surface area contributed by atoms with Crippen LogP contribution in [-0.2, 0) is 38.1 Å². The summed E-state index contributed by atoms with van der Waals surface area (Å²) in [6.45, 7) is 11.9. The van der Waals surface area contributed by atoms with Gasteiger partial charge in [0.15, 0.2) is 0 Å². The SMILES string of the molecule is C=C1CCC2[C@](C)(COC(C)=O)[C@H](OC(C)=O)CC[C@]2(C)[C@H]1CC(NC(C(=O)OC)c1ccccc1)C1=CCOC1=O. The van der Waals surface area contributed by atoms with Crippen molar-refractivity contribution in [2.24, 2.45) is 22.7 Å². The smallest absolute Gasteiger partial charge is 0.335 e. The molecule has 1 aliphatic heterocycles. The van der Waals surface area contributed by atoms with E-state index in [1.165, 1.54) is 21.0 Å². The van der Waals surface area contributed by atoms with Crippen molar-refractivity contribution in [2.75, 3.05) is 20.3 Å². The maximum atomic E-state index is 13.0. The lowest BCUT2D eigenvalue weighted by Gasteiger charge is -2.60. The van der Waals surface area contributed by atoms with Crippen LogP contribution in [0.25, 0.3) is 0 Å². The zero-order valence-electron chi connectivity index (χ0n) is 25.3. The molecule has 1 heterocycles. The van der Waals surface area contributed by atoms with E-state index in [4.69, 9.17) is 18.9 Å². The summed E-state index contributed by atoms with van der Waals surface area (Å²) in [6, 6.07) is 7.95. The van der Waals surface area contributed by atoms with Crippen LogP contribution in [0.5, 0.6) is 0 Å². The number of rotatable bonds is 10. The Kier molecular flexibility index (Phi) is 9.60. The van der Waals surface area contributed by atoms with Gasteiger partial charge in [-0.05, 0) is 61.0 Å². The quantitative estimate of drug-likeness (QED) is 0.240. The molecule has 7 atom stereocenters. The van der Waals surface area contributed by atoms with Crippen LogP contribution in [0.15, 0.2) is 54.1 Å². The van der Waals surface area contributed by atoms with Gasteiger partial charge in [-0.2, -0.15) is 0 Å². The number of fused-ring (bicyclic) bond motifs is 1. The molecule has 1 N–H and O–H groups in total. The third-order valence-electron chi connectivity index (χ3n) is 9.75. The highest BCUT2D eigenvalue weighted by atomic mass is 16.6. The van der Waals surface area contributed by atoms with Gasteiger partial charge in [0.2, 0.25) is 0 Å². The average molecular weight is 582 g/mol. The molecular formula is C33H43NO8. The first kappa shape index (κ1) is 31.5. The summed E-state index contributed by atoms with van der Waals surface area (Å²) in [4.78, 5) is 49.9. The van der Waals surface area contributed by atoms with E-state index in [9.17, 15) is 19.2 Å². The van der Waals surface area contributed by atoms with E-state index in [0.29, 0.717) is 18.4 Å². The van der Waals surface area contributed by atoms with Crippen LogP contribution in [0.1, 0.15) is 71.4 Å². The van der Waals surface area contributed by atoms with Gasteiger partial charge < -0.3 is 18.9 Å². The van der Waals surface area contributed by atoms with Gasteiger partial charge >= 0.3 is 23.9 Å². The molecule has 42 heavy (non-hydrogen) atoms. The summed E-state index contributed by atoms with van der Waals surface area (Å²) in [5.41, 5.74) is 1.36. The largest absolute Gasteiger partial charge is 0.468 e. The van der Waals surface area contributed by atoms with Crippen LogP contribution in [0.3, 0.4) is 0 Å². The number of methoxy groups -OCH3 is 1. The molecule has 4 rings (SSSR count). The predicted octanol–water partition coefficient (Wildman–Crippen LogP) is 4.62. The molecule has 0 saturated heterocycles. The Morgan fingerprint density at radius 2 is 1.83 bits per heavy atom. The lowest BCUT2D eigenvalue weighted by atomic mass is 9.46. The van der Waals surface area contributed by atoms with E-state index in [2.05, 4.69) is 18.8 Å². The van der Waals surface area contributed by atoms with Gasteiger partial charge in [0.1, 0.15) is 25.4 Å². The first-order valence-electron chi connectivity index (χ1n) is 14.6. The molecule has 0 bridgehead atoms. The number of hydrogen-bond donors (Lipinski definition) is 1. The normalized spacial score (nSPS) is 30.3. The Labute approximate surface area is 248 Å². The second kappa shape index (κ2) is 12.8. The fourth-order valence-electron chi connectivity index (χ4n) is 7.69. The van der Waals surface area contributed by atoms with Gasteiger partial charge in [-0.25, -0.2) is 9.59 Å². The molecule has 0 amide bonds. The summed E-state index contributed by atoms with van der Waals surface area (Å²) in [5, 5.41) is 3.45. The van der Waals surface area contributed by atoms with Crippen LogP contribution >= 0.6 is 0 Å². The van der Waals surface area contributed by atoms with Gasteiger partial charge in [-0.15, -0.1) is 0 Å². The molecule has 3 unspecified atom stereocenters. The molecule has 1 aromatic rings. The van der Waals surface area contributed by atoms with Gasteiger partial charge in [0, 0.05) is 25.3 Å². The van der Waals surface area contributed by atoms with Gasteiger partial charge in [0.05, 0.1) is 12.7 Å². The number of cyclic esters (lactones) is 1. The molecule has 9 nitrogen and oxygen atoms in total. The highest BCUT2D eigenvalue weighted by molar-refractivity contribution is 5.92. The Morgan fingerprint density at radius 3 is 2.43 bits per heavy atom. The van der Waals surface area contributed by atoms with Crippen molar-refractivity contribution >= 4 is 23.9 Å². The van der Waals surface area contributed by atoms with E-state index >= 15 is 0 Å². The lowest BCUT2D eigenvalue weighted by molar-refractivity contribution is -0.192. The summed E-state index contributed by atoms with van der Waals surface area (Å²) in [7, 11) is 1.35. The molecule has 2 saturated carbocycles. The van der Waals surface area contributed by atoms with Crippen LogP contribution in [0.2, 0.25) is 0 Å². The van der Waals surface area contributed by atoms with Crippen molar-refractivity contribution in [3.05, 3.63) is 59.7 Å². The molecule has 0 radical (unpaired) electrons. The summed E-state index contributed by atoms with van der Waals surface area (Å²) < 4.78 is 21.9. The van der Waals surface area contributed by atoms with Crippen molar-refractivity contribution in [2.45, 2.75) is 78.0 Å². The molecule has 1 aromatic carbocycles. The van der Waals surface area contributed by atoms with Crippen molar-refractivity contribution in [3.63, 3.8) is 0 Å². The summed E-state index contributed by atoms with van der Waals surface area (Å²) in [6.07, 6.45) is 4.77. The lowest BCUT2D eigenvalue weighted by Crippen LogP contribution is -2.59. The number of nitrogens with one attached hydrogen (secondary N) is 1. The summed E-state index contributed by atoms with van der Waals surface area (Å²) in [5.74, 6) is -1.63. The second-order valence-corrected chi connectivity index (χ2v) is 12.3. The molecule has 0 aromatic heterocycles. The van der Waals surface area contributed by atoms with E-state index in [0.717, 1.165) is 30.4 Å². The number of esters is 4. The topological polar surface area (TPSA) is 117 Å². The van der Waals surface area contributed by atoms with Crippen LogP contribution in [-0.4, -0.2) is 56.3 Å². The van der Waals surface area contributed by atoms with Crippen LogP contribution < -0.4 is 5.32 Å². The van der Waals surface area contributed by atoms with E-state index in [1.54, 1.807) is 6.08 Å². The minimum Gasteiger partial charge on any atom is -0.468 e. The predicted molar refractivity (Wildman–Crippen MR) is 155 cm³/mol. The molecule has 2 aliphatic carbocycles. The van der Waals surface area contributed by atoms with Gasteiger partial charge in [-0.1, -0.05) is 56.3 Å². The molecule has 3 aliphatic rings. The number of ether oxygens (including phenoxy) is 4. The van der Waals surface area contributed by atoms with Crippen LogP contribution in [0.4, 0.5) is 0 Å². The summed E-state index contributed by atoms with van der Waals surface area (Å²) >= 11 is 0. The highest BCUT2D eigenvalue weighted by Gasteiger charge is 2.60. The Hall–Kier alpha value is -3.46. The number of carbonyl (C=O) groups is 4. The second-order valence-electron chi connectivity index (χ2n) is 12.3. The third kappa shape index (κ3) is 6.31. The van der Waals surface area contributed by atoms with E-state index < -0.39 is 35.5 Å². The monoisotopic (exact) mass is 581 g/mol. The van der Waals surface area contributed by atoms with Crippen LogP contribution in [0, 0.1) is 22.7 Å². The number of allylic oxidation sites excluding steroid dienone is 1. The Bertz CT molecular complexity index is 1240. The minimum atomic E-state index is -0.801. The molecule has 9 heteroatoms. The average Bonchev–Trinajstić information content (AvgIpc) is 3.38. The van der Waals surface area contributed by atoms with Gasteiger partial charge in [-0.3, -0.25) is 14.9 Å². The minimum absolute atomic E-state index is 0.0358.